The molecule has 0 aromatic heterocycles. The van der Waals surface area contributed by atoms with Crippen LogP contribution in [0.15, 0.2) is 0 Å². The fourth-order valence-electron chi connectivity index (χ4n) is 7.82. The summed E-state index contributed by atoms with van der Waals surface area (Å²) in [4.78, 5) is 66.3. The first-order valence-corrected chi connectivity index (χ1v) is 17.1. The van der Waals surface area contributed by atoms with Gasteiger partial charge >= 0.3 is 23.9 Å². The number of rotatable bonds is 14. The van der Waals surface area contributed by atoms with E-state index in [-0.39, 0.29) is 74.2 Å². The highest BCUT2D eigenvalue weighted by Crippen LogP contribution is 2.37. The van der Waals surface area contributed by atoms with Crippen LogP contribution in [0, 0.1) is 35.5 Å². The van der Waals surface area contributed by atoms with Crippen molar-refractivity contribution < 1.29 is 58.0 Å². The van der Waals surface area contributed by atoms with E-state index in [2.05, 4.69) is 10.8 Å². The summed E-state index contributed by atoms with van der Waals surface area (Å²) in [5.41, 5.74) is 3.10. The van der Waals surface area contributed by atoms with Crippen molar-refractivity contribution in [3.05, 3.63) is 0 Å². The SMILES string of the molecule is COC(=O)C1CCC(C(=O)O)C(CONC2CCC(OCOC3CCC(NC(=O)C4CC(C(=O)OC)CCC4C(=O)O)CC3)CC2)C1. The fourth-order valence-corrected chi connectivity index (χ4v) is 7.82. The van der Waals surface area contributed by atoms with E-state index in [1.165, 1.54) is 14.2 Å². The molecule has 0 bridgehead atoms. The van der Waals surface area contributed by atoms with E-state index in [4.69, 9.17) is 23.8 Å². The van der Waals surface area contributed by atoms with Crippen molar-refractivity contribution in [2.24, 2.45) is 35.5 Å². The van der Waals surface area contributed by atoms with E-state index in [1.54, 1.807) is 0 Å². The van der Waals surface area contributed by atoms with Crippen LogP contribution in [0.25, 0.3) is 0 Å². The molecule has 4 saturated carbocycles. The van der Waals surface area contributed by atoms with Gasteiger partial charge in [0, 0.05) is 12.1 Å². The highest BCUT2D eigenvalue weighted by Gasteiger charge is 2.43. The van der Waals surface area contributed by atoms with Crippen LogP contribution in [0.4, 0.5) is 0 Å². The first-order chi connectivity index (χ1) is 22.6. The quantitative estimate of drug-likeness (QED) is 0.120. The van der Waals surface area contributed by atoms with E-state index in [0.29, 0.717) is 25.7 Å². The lowest BCUT2D eigenvalue weighted by Crippen LogP contribution is -2.47. The molecule has 0 radical (unpaired) electrons. The van der Waals surface area contributed by atoms with Crippen molar-refractivity contribution >= 4 is 29.8 Å². The topological polar surface area (TPSA) is 196 Å². The molecule has 14 heteroatoms. The third-order valence-corrected chi connectivity index (χ3v) is 10.7. The van der Waals surface area contributed by atoms with Crippen molar-refractivity contribution in [2.75, 3.05) is 27.6 Å². The molecule has 0 aromatic rings. The van der Waals surface area contributed by atoms with Gasteiger partial charge in [-0.2, -0.15) is 5.48 Å². The standard InChI is InChI=1S/C33H52N2O12/c1-43-32(41)19-3-13-26(30(37)38)21(15-19)17-47-35-23-7-11-25(12-8-23)46-18-45-24-9-5-22(6-10-24)34-29(36)28-16-20(33(42)44-2)4-14-27(28)31(39)40/h19-28,35H,3-18H2,1-2H3,(H,34,36)(H,37,38)(H,39,40). The molecule has 4 rings (SSSR count). The van der Waals surface area contributed by atoms with Crippen LogP contribution < -0.4 is 10.8 Å². The zero-order valence-electron chi connectivity index (χ0n) is 27.6. The summed E-state index contributed by atoms with van der Waals surface area (Å²) >= 11 is 0. The third kappa shape index (κ3) is 10.6. The van der Waals surface area contributed by atoms with Gasteiger partial charge in [0.25, 0.3) is 0 Å². The molecule has 14 nitrogen and oxygen atoms in total. The number of hydrogen-bond donors (Lipinski definition) is 4. The summed E-state index contributed by atoms with van der Waals surface area (Å²) in [5.74, 6) is -5.98. The van der Waals surface area contributed by atoms with E-state index in [0.717, 1.165) is 51.4 Å². The van der Waals surface area contributed by atoms with Gasteiger partial charge in [-0.3, -0.25) is 24.0 Å². The number of carbonyl (C=O) groups is 5. The van der Waals surface area contributed by atoms with E-state index in [1.807, 2.05) is 0 Å². The average Bonchev–Trinajstić information content (AvgIpc) is 3.08. The Morgan fingerprint density at radius 2 is 1.13 bits per heavy atom. The second kappa shape index (κ2) is 18.1. The monoisotopic (exact) mass is 668 g/mol. The number of methoxy groups -OCH3 is 2. The van der Waals surface area contributed by atoms with Crippen molar-refractivity contribution in [1.29, 1.82) is 0 Å². The first kappa shape index (κ1) is 37.0. The number of hydrogen-bond acceptors (Lipinski definition) is 11. The molecule has 4 aliphatic rings. The van der Waals surface area contributed by atoms with Crippen LogP contribution in [0.5, 0.6) is 0 Å². The number of esters is 2. The van der Waals surface area contributed by atoms with Gasteiger partial charge in [0.05, 0.1) is 62.6 Å². The highest BCUT2D eigenvalue weighted by atomic mass is 16.7. The number of carboxylic acids is 2. The van der Waals surface area contributed by atoms with Crippen LogP contribution in [-0.4, -0.2) is 91.9 Å². The van der Waals surface area contributed by atoms with E-state index >= 15 is 0 Å². The number of carboxylic acid groups (broad SMARTS) is 2. The summed E-state index contributed by atoms with van der Waals surface area (Å²) in [7, 11) is 2.65. The molecule has 6 atom stereocenters. The van der Waals surface area contributed by atoms with Gasteiger partial charge in [-0.05, 0) is 95.8 Å². The largest absolute Gasteiger partial charge is 0.481 e. The van der Waals surface area contributed by atoms with Crippen LogP contribution in [0.2, 0.25) is 0 Å². The molecule has 47 heavy (non-hydrogen) atoms. The number of carbonyl (C=O) groups excluding carboxylic acids is 3. The fraction of sp³-hybridized carbons (Fsp3) is 0.848. The second-order valence-corrected chi connectivity index (χ2v) is 13.7. The molecule has 0 saturated heterocycles. The molecule has 1 amide bonds. The molecule has 0 aromatic carbocycles. The number of aliphatic carboxylic acids is 2. The Hall–Kier alpha value is -2.81. The molecular formula is C33H52N2O12. The Bertz CT molecular complexity index is 1070. The first-order valence-electron chi connectivity index (χ1n) is 17.1. The highest BCUT2D eigenvalue weighted by molar-refractivity contribution is 5.86. The number of nitrogens with one attached hydrogen (secondary N) is 2. The van der Waals surface area contributed by atoms with Gasteiger partial charge in [0.2, 0.25) is 5.91 Å². The molecule has 266 valence electrons. The van der Waals surface area contributed by atoms with Crippen molar-refractivity contribution in [1.82, 2.24) is 10.8 Å². The summed E-state index contributed by atoms with van der Waals surface area (Å²) in [5, 5.41) is 22.3. The summed E-state index contributed by atoms with van der Waals surface area (Å²) in [6, 6.07) is 0.0684. The van der Waals surface area contributed by atoms with Gasteiger partial charge in [-0.25, -0.2) is 0 Å². The Balaban J connectivity index is 1.08. The summed E-state index contributed by atoms with van der Waals surface area (Å²) in [6.07, 6.45) is 8.65. The Morgan fingerprint density at radius 3 is 1.66 bits per heavy atom. The average molecular weight is 669 g/mol. The van der Waals surface area contributed by atoms with Gasteiger partial charge in [-0.1, -0.05) is 0 Å². The van der Waals surface area contributed by atoms with E-state index < -0.39 is 41.6 Å². The Labute approximate surface area is 275 Å². The molecule has 4 aliphatic carbocycles. The molecule has 0 spiro atoms. The minimum absolute atomic E-state index is 0.0212. The van der Waals surface area contributed by atoms with Crippen LogP contribution in [0.1, 0.15) is 89.9 Å². The third-order valence-electron chi connectivity index (χ3n) is 10.7. The minimum atomic E-state index is -1.01. The number of amides is 1. The van der Waals surface area contributed by atoms with Crippen LogP contribution in [-0.2, 0) is 47.8 Å². The maximum absolute atomic E-state index is 13.1. The van der Waals surface area contributed by atoms with Crippen molar-refractivity contribution in [3.63, 3.8) is 0 Å². The Morgan fingerprint density at radius 1 is 0.617 bits per heavy atom. The maximum Gasteiger partial charge on any atom is 0.308 e. The van der Waals surface area contributed by atoms with Gasteiger partial charge in [0.1, 0.15) is 6.79 Å². The number of hydroxylamine groups is 1. The lowest BCUT2D eigenvalue weighted by Gasteiger charge is -2.35. The van der Waals surface area contributed by atoms with Crippen molar-refractivity contribution in [2.45, 2.75) is 114 Å². The molecule has 4 fully saturated rings. The summed E-state index contributed by atoms with van der Waals surface area (Å²) < 4.78 is 21.7. The predicted octanol–water partition coefficient (Wildman–Crippen LogP) is 2.82. The molecular weight excluding hydrogens is 616 g/mol. The zero-order valence-corrected chi connectivity index (χ0v) is 27.6. The smallest absolute Gasteiger partial charge is 0.308 e. The predicted molar refractivity (Wildman–Crippen MR) is 164 cm³/mol. The zero-order chi connectivity index (χ0) is 33.9. The maximum atomic E-state index is 13.1. The Kier molecular flexibility index (Phi) is 14.2. The lowest BCUT2D eigenvalue weighted by molar-refractivity contribution is -0.156. The van der Waals surface area contributed by atoms with Gasteiger partial charge in [-0.15, -0.1) is 0 Å². The normalized spacial score (nSPS) is 34.5. The summed E-state index contributed by atoms with van der Waals surface area (Å²) in [6.45, 7) is 0.414. The second-order valence-electron chi connectivity index (χ2n) is 13.7. The molecule has 0 heterocycles. The van der Waals surface area contributed by atoms with Crippen LogP contribution in [0.3, 0.4) is 0 Å². The van der Waals surface area contributed by atoms with Gasteiger partial charge < -0.3 is 39.3 Å². The van der Waals surface area contributed by atoms with Crippen LogP contribution >= 0.6 is 0 Å². The van der Waals surface area contributed by atoms with Gasteiger partial charge in [0.15, 0.2) is 0 Å². The number of ether oxygens (including phenoxy) is 4. The van der Waals surface area contributed by atoms with E-state index in [9.17, 15) is 34.2 Å². The molecule has 4 N–H and O–H groups in total. The minimum Gasteiger partial charge on any atom is -0.481 e. The lowest BCUT2D eigenvalue weighted by atomic mass is 9.73. The van der Waals surface area contributed by atoms with Crippen molar-refractivity contribution in [3.8, 4) is 0 Å². The molecule has 6 unspecified atom stereocenters. The molecule has 0 aliphatic heterocycles.